The Hall–Kier alpha value is -4.00. The van der Waals surface area contributed by atoms with Crippen molar-refractivity contribution in [2.45, 2.75) is 106 Å². The average Bonchev–Trinajstić information content (AvgIpc) is 3.17. The molecule has 2 aromatic carbocycles. The van der Waals surface area contributed by atoms with Crippen LogP contribution in [0.1, 0.15) is 13.8 Å². The molecule has 3 saturated heterocycles. The lowest BCUT2D eigenvalue weighted by Gasteiger charge is -2.46. The lowest BCUT2D eigenvalue weighted by atomic mass is 9.97. The second kappa shape index (κ2) is 17.2. The minimum Gasteiger partial charge on any atom is -0.507 e. The maximum Gasteiger partial charge on any atom is 0.302 e. The summed E-state index contributed by atoms with van der Waals surface area (Å²) >= 11 is 0. The van der Waals surface area contributed by atoms with Gasteiger partial charge in [0.15, 0.2) is 18.0 Å². The van der Waals surface area contributed by atoms with Gasteiger partial charge in [-0.05, 0) is 31.2 Å². The van der Waals surface area contributed by atoms with Crippen LogP contribution < -0.4 is 14.9 Å². The van der Waals surface area contributed by atoms with E-state index in [9.17, 15) is 55.5 Å². The third-order valence-electron chi connectivity index (χ3n) is 9.70. The number of fused-ring (bicyclic) bond motifs is 1. The van der Waals surface area contributed by atoms with Gasteiger partial charge in [0, 0.05) is 30.7 Å². The monoisotopic (exact) mass is 796 g/mol. The van der Waals surface area contributed by atoms with Crippen LogP contribution in [0.3, 0.4) is 0 Å². The third kappa shape index (κ3) is 8.62. The van der Waals surface area contributed by atoms with E-state index in [4.69, 9.17) is 42.3 Å². The van der Waals surface area contributed by atoms with E-state index in [1.807, 2.05) is 0 Å². The van der Waals surface area contributed by atoms with Crippen molar-refractivity contribution in [3.05, 3.63) is 52.7 Å². The van der Waals surface area contributed by atoms with Gasteiger partial charge in [0.1, 0.15) is 108 Å². The fraction of sp³-hybridized carbons (Fsp3) is 0.556. The summed E-state index contributed by atoms with van der Waals surface area (Å²) < 4.78 is 50.2. The van der Waals surface area contributed by atoms with Gasteiger partial charge in [-0.15, -0.1) is 0 Å². The van der Waals surface area contributed by atoms with Gasteiger partial charge in [-0.2, -0.15) is 0 Å². The molecule has 0 amide bonds. The smallest absolute Gasteiger partial charge is 0.302 e. The highest BCUT2D eigenvalue weighted by atomic mass is 16.8. The molecule has 0 bridgehead atoms. The number of carbonyl (C=O) groups excluding carboxylic acids is 1. The number of aliphatic hydroxyl groups excluding tert-OH is 8. The number of rotatable bonds is 11. The van der Waals surface area contributed by atoms with Crippen LogP contribution >= 0.6 is 0 Å². The zero-order chi connectivity index (χ0) is 40.6. The van der Waals surface area contributed by atoms with Crippen molar-refractivity contribution in [3.63, 3.8) is 0 Å². The molecule has 56 heavy (non-hydrogen) atoms. The zero-order valence-electron chi connectivity index (χ0n) is 30.1. The van der Waals surface area contributed by atoms with E-state index in [1.165, 1.54) is 26.2 Å². The number of methoxy groups -OCH3 is 1. The number of carbonyl (C=O) groups is 1. The van der Waals surface area contributed by atoms with Gasteiger partial charge in [-0.3, -0.25) is 9.59 Å². The summed E-state index contributed by atoms with van der Waals surface area (Å²) in [6.45, 7) is 1.33. The summed E-state index contributed by atoms with van der Waals surface area (Å²) in [7, 11) is 1.50. The van der Waals surface area contributed by atoms with Gasteiger partial charge in [-0.25, -0.2) is 0 Å². The van der Waals surface area contributed by atoms with Crippen LogP contribution in [0, 0.1) is 0 Å². The van der Waals surface area contributed by atoms with Crippen molar-refractivity contribution in [3.8, 4) is 28.6 Å². The van der Waals surface area contributed by atoms with Crippen LogP contribution in [-0.2, 0) is 33.2 Å². The summed E-state index contributed by atoms with van der Waals surface area (Å²) in [5, 5.41) is 95.8. The van der Waals surface area contributed by atoms with Crippen molar-refractivity contribution in [1.82, 2.24) is 0 Å². The van der Waals surface area contributed by atoms with Gasteiger partial charge in [0.2, 0.25) is 6.29 Å². The molecule has 0 spiro atoms. The van der Waals surface area contributed by atoms with Crippen molar-refractivity contribution in [2.24, 2.45) is 0 Å². The molecular weight excluding hydrogens is 752 g/mol. The predicted molar refractivity (Wildman–Crippen MR) is 184 cm³/mol. The zero-order valence-corrected chi connectivity index (χ0v) is 30.1. The van der Waals surface area contributed by atoms with E-state index in [-0.39, 0.29) is 22.5 Å². The number of ether oxygens (including phenoxy) is 8. The van der Waals surface area contributed by atoms with Crippen molar-refractivity contribution < 1.29 is 93.1 Å². The lowest BCUT2D eigenvalue weighted by Crippen LogP contribution is -2.64. The Bertz CT molecular complexity index is 1870. The summed E-state index contributed by atoms with van der Waals surface area (Å²) in [6.07, 6.45) is -25.0. The Kier molecular flexibility index (Phi) is 12.8. The van der Waals surface area contributed by atoms with E-state index < -0.39 is 122 Å². The molecule has 0 aliphatic carbocycles. The molecule has 6 rings (SSSR count). The van der Waals surface area contributed by atoms with Gasteiger partial charge in [0.25, 0.3) is 0 Å². The van der Waals surface area contributed by atoms with Crippen LogP contribution in [-0.4, -0.2) is 164 Å². The van der Waals surface area contributed by atoms with Crippen LogP contribution in [0.2, 0.25) is 0 Å². The molecule has 308 valence electrons. The summed E-state index contributed by atoms with van der Waals surface area (Å²) in [6, 6.07) is 10.2. The van der Waals surface area contributed by atoms with Crippen molar-refractivity contribution in [1.29, 1.82) is 0 Å². The number of benzene rings is 2. The molecule has 15 atom stereocenters. The minimum atomic E-state index is -1.91. The molecule has 0 radical (unpaired) electrons. The molecular formula is C36H44O20. The summed E-state index contributed by atoms with van der Waals surface area (Å²) in [5.74, 6) is -0.689. The van der Waals surface area contributed by atoms with Crippen LogP contribution in [0.15, 0.2) is 51.7 Å². The van der Waals surface area contributed by atoms with Crippen LogP contribution in [0.5, 0.6) is 17.2 Å². The van der Waals surface area contributed by atoms with Crippen molar-refractivity contribution in [2.75, 3.05) is 20.3 Å². The number of aromatic hydroxyl groups is 1. The van der Waals surface area contributed by atoms with Gasteiger partial charge < -0.3 is 88.3 Å². The first-order chi connectivity index (χ1) is 26.6. The first-order valence-electron chi connectivity index (χ1n) is 17.5. The molecule has 4 heterocycles. The fourth-order valence-electron chi connectivity index (χ4n) is 6.49. The van der Waals surface area contributed by atoms with Crippen molar-refractivity contribution >= 4 is 16.9 Å². The third-order valence-corrected chi connectivity index (χ3v) is 9.70. The standard InChI is InChI=1S/C36H44O20/c1-13-25(40)30(45)33(56-35-32(47)29(44)26(41)22(55-35)11-49-14(2)37)36(51-13)50-12-23-27(42)28(43)31(46)34(54-23)52-17-8-18(38)24-19(39)10-20(53-21(24)9-17)15-4-6-16(48-3)7-5-15/h4-10,13,22-23,25-36,38,40-47H,11-12H2,1-3H3/t13-,22+,23+,25-,26+,27+,28-,29-,30+,31+,32+,33+,34-,35+,36+/m0/s1. The number of phenolic OH excluding ortho intramolecular Hbond substituents is 1. The van der Waals surface area contributed by atoms with Crippen LogP contribution in [0.4, 0.5) is 0 Å². The number of phenols is 1. The number of aliphatic hydroxyl groups is 8. The van der Waals surface area contributed by atoms with E-state index in [0.717, 1.165) is 13.0 Å². The Morgan fingerprint density at radius 2 is 1.34 bits per heavy atom. The summed E-state index contributed by atoms with van der Waals surface area (Å²) in [4.78, 5) is 24.3. The molecule has 3 aliphatic rings. The van der Waals surface area contributed by atoms with E-state index in [0.29, 0.717) is 11.3 Å². The molecule has 3 aliphatic heterocycles. The predicted octanol–water partition coefficient (Wildman–Crippen LogP) is -2.40. The van der Waals surface area contributed by atoms with Gasteiger partial charge in [0.05, 0.1) is 19.8 Å². The average molecular weight is 797 g/mol. The summed E-state index contributed by atoms with van der Waals surface area (Å²) in [5.41, 5.74) is -0.133. The van der Waals surface area contributed by atoms with E-state index in [2.05, 4.69) is 0 Å². The number of hydrogen-bond acceptors (Lipinski definition) is 20. The largest absolute Gasteiger partial charge is 0.507 e. The maximum absolute atomic E-state index is 13.0. The fourth-order valence-corrected chi connectivity index (χ4v) is 6.49. The lowest BCUT2D eigenvalue weighted by molar-refractivity contribution is -0.369. The van der Waals surface area contributed by atoms with E-state index >= 15 is 0 Å². The number of hydrogen-bond donors (Lipinski definition) is 9. The SMILES string of the molecule is COc1ccc(-c2cc(=O)c3c(O)cc(O[C@H]4O[C@H](CO[C@@H]5O[C@@H](C)[C@H](O)[C@@H](O)[C@H]5O[C@H]5O[C@H](COC(C)=O)[C@@H](O)[C@H](O)[C@H]5O)[C@@H](O)[C@H](O)[C@H]4O)cc3o2)cc1. The molecule has 20 nitrogen and oxygen atoms in total. The first kappa shape index (κ1) is 41.6. The molecule has 9 N–H and O–H groups in total. The Balaban J connectivity index is 1.18. The van der Waals surface area contributed by atoms with Gasteiger partial charge >= 0.3 is 5.97 Å². The second-order valence-electron chi connectivity index (χ2n) is 13.6. The van der Waals surface area contributed by atoms with Crippen LogP contribution in [0.25, 0.3) is 22.3 Å². The van der Waals surface area contributed by atoms with Gasteiger partial charge in [-0.1, -0.05) is 0 Å². The first-order valence-corrected chi connectivity index (χ1v) is 17.5. The molecule has 1 aromatic heterocycles. The highest BCUT2D eigenvalue weighted by molar-refractivity contribution is 5.86. The Morgan fingerprint density at radius 3 is 1.98 bits per heavy atom. The quantitative estimate of drug-likeness (QED) is 0.0914. The number of esters is 1. The minimum absolute atomic E-state index is 0.0915. The topological polar surface area (TPSA) is 303 Å². The maximum atomic E-state index is 13.0. The molecule has 0 unspecified atom stereocenters. The molecule has 3 fully saturated rings. The highest BCUT2D eigenvalue weighted by Crippen LogP contribution is 2.35. The second-order valence-corrected chi connectivity index (χ2v) is 13.6. The molecule has 3 aromatic rings. The highest BCUT2D eigenvalue weighted by Gasteiger charge is 2.51. The Labute approximate surface area is 317 Å². The molecule has 20 heteroatoms. The molecule has 0 saturated carbocycles. The Morgan fingerprint density at radius 1 is 0.714 bits per heavy atom. The van der Waals surface area contributed by atoms with E-state index in [1.54, 1.807) is 24.3 Å². The normalized spacial score (nSPS) is 36.2.